The number of nitrogens with one attached hydrogen (secondary N) is 2. The maximum atomic E-state index is 12.4. The molecule has 3 aromatic rings. The van der Waals surface area contributed by atoms with Gasteiger partial charge in [-0.1, -0.05) is 30.3 Å². The fourth-order valence-electron chi connectivity index (χ4n) is 2.65. The van der Waals surface area contributed by atoms with Crippen LogP contribution in [0.1, 0.15) is 32.6 Å². The molecule has 4 nitrogen and oxygen atoms in total. The summed E-state index contributed by atoms with van der Waals surface area (Å²) in [5.41, 5.74) is 6.09. The summed E-state index contributed by atoms with van der Waals surface area (Å²) in [6.07, 6.45) is 1.67. The van der Waals surface area contributed by atoms with Crippen molar-refractivity contribution in [3.63, 3.8) is 0 Å². The van der Waals surface area contributed by atoms with Gasteiger partial charge in [0, 0.05) is 12.1 Å². The van der Waals surface area contributed by atoms with Crippen molar-refractivity contribution in [2.45, 2.75) is 27.3 Å². The third-order valence-electron chi connectivity index (χ3n) is 4.51. The second kappa shape index (κ2) is 7.83. The molecule has 4 heteroatoms. The molecule has 3 rings (SSSR count). The van der Waals surface area contributed by atoms with Crippen molar-refractivity contribution < 1.29 is 4.79 Å². The van der Waals surface area contributed by atoms with E-state index in [1.54, 1.807) is 6.20 Å². The first-order chi connectivity index (χ1) is 12.5. The SMILES string of the molecule is Cc1ccc(C(=O)Nc2ccc(NCc3ccccc3C)nc2)cc1C. The lowest BCUT2D eigenvalue weighted by atomic mass is 10.1. The van der Waals surface area contributed by atoms with Gasteiger partial charge in [0.05, 0.1) is 11.9 Å². The van der Waals surface area contributed by atoms with E-state index >= 15 is 0 Å². The molecule has 0 aliphatic carbocycles. The van der Waals surface area contributed by atoms with Crippen LogP contribution in [-0.4, -0.2) is 10.9 Å². The molecular formula is C22H23N3O. The van der Waals surface area contributed by atoms with E-state index in [4.69, 9.17) is 0 Å². The minimum absolute atomic E-state index is 0.129. The summed E-state index contributed by atoms with van der Waals surface area (Å²) in [4.78, 5) is 16.7. The summed E-state index contributed by atoms with van der Waals surface area (Å²) in [7, 11) is 0. The van der Waals surface area contributed by atoms with Crippen molar-refractivity contribution >= 4 is 17.4 Å². The van der Waals surface area contributed by atoms with Gasteiger partial charge in [-0.2, -0.15) is 0 Å². The number of rotatable bonds is 5. The molecule has 1 amide bonds. The molecule has 1 aromatic heterocycles. The number of pyridine rings is 1. The van der Waals surface area contributed by atoms with Gasteiger partial charge in [0.25, 0.3) is 5.91 Å². The number of carbonyl (C=O) groups is 1. The minimum Gasteiger partial charge on any atom is -0.366 e. The number of anilines is 2. The summed E-state index contributed by atoms with van der Waals surface area (Å²) in [6.45, 7) is 6.84. The van der Waals surface area contributed by atoms with Gasteiger partial charge in [0.2, 0.25) is 0 Å². The van der Waals surface area contributed by atoms with Crippen molar-refractivity contribution in [2.24, 2.45) is 0 Å². The van der Waals surface area contributed by atoms with Crippen LogP contribution in [0, 0.1) is 20.8 Å². The number of carbonyl (C=O) groups excluding carboxylic acids is 1. The Kier molecular flexibility index (Phi) is 5.32. The number of hydrogen-bond acceptors (Lipinski definition) is 3. The van der Waals surface area contributed by atoms with E-state index in [1.807, 2.05) is 56.3 Å². The standard InChI is InChI=1S/C22H23N3O/c1-15-8-9-18(12-17(15)3)22(26)25-20-10-11-21(24-14-20)23-13-19-7-5-4-6-16(19)2/h4-12,14H,13H2,1-3H3,(H,23,24)(H,25,26). The molecule has 0 saturated heterocycles. The molecule has 26 heavy (non-hydrogen) atoms. The maximum absolute atomic E-state index is 12.4. The molecule has 0 radical (unpaired) electrons. The quantitative estimate of drug-likeness (QED) is 0.693. The van der Waals surface area contributed by atoms with E-state index in [2.05, 4.69) is 34.7 Å². The topological polar surface area (TPSA) is 54.0 Å². The van der Waals surface area contributed by atoms with Crippen molar-refractivity contribution in [1.82, 2.24) is 4.98 Å². The Labute approximate surface area is 154 Å². The predicted molar refractivity (Wildman–Crippen MR) is 107 cm³/mol. The van der Waals surface area contributed by atoms with Crippen LogP contribution < -0.4 is 10.6 Å². The number of benzene rings is 2. The molecule has 0 aliphatic heterocycles. The number of hydrogen-bond donors (Lipinski definition) is 2. The predicted octanol–water partition coefficient (Wildman–Crippen LogP) is 4.87. The average Bonchev–Trinajstić information content (AvgIpc) is 2.64. The maximum Gasteiger partial charge on any atom is 0.255 e. The van der Waals surface area contributed by atoms with Gasteiger partial charge >= 0.3 is 0 Å². The van der Waals surface area contributed by atoms with Crippen LogP contribution in [0.25, 0.3) is 0 Å². The Balaban J connectivity index is 1.61. The molecule has 0 atom stereocenters. The van der Waals surface area contributed by atoms with Crippen LogP contribution in [0.5, 0.6) is 0 Å². The average molecular weight is 345 g/mol. The van der Waals surface area contributed by atoms with Gasteiger partial charge in [-0.15, -0.1) is 0 Å². The number of amides is 1. The molecule has 0 saturated carbocycles. The summed E-state index contributed by atoms with van der Waals surface area (Å²) < 4.78 is 0. The smallest absolute Gasteiger partial charge is 0.255 e. The first kappa shape index (κ1) is 17.7. The number of aryl methyl sites for hydroxylation is 3. The van der Waals surface area contributed by atoms with Crippen molar-refractivity contribution in [1.29, 1.82) is 0 Å². The molecule has 0 aliphatic rings. The lowest BCUT2D eigenvalue weighted by Gasteiger charge is -2.10. The molecule has 0 bridgehead atoms. The van der Waals surface area contributed by atoms with Crippen molar-refractivity contribution in [3.8, 4) is 0 Å². The number of aromatic nitrogens is 1. The lowest BCUT2D eigenvalue weighted by molar-refractivity contribution is 0.102. The molecule has 2 N–H and O–H groups in total. The van der Waals surface area contributed by atoms with E-state index in [9.17, 15) is 4.79 Å². The monoisotopic (exact) mass is 345 g/mol. The van der Waals surface area contributed by atoms with Crippen LogP contribution in [0.3, 0.4) is 0 Å². The highest BCUT2D eigenvalue weighted by atomic mass is 16.1. The zero-order valence-electron chi connectivity index (χ0n) is 15.3. The zero-order chi connectivity index (χ0) is 18.5. The largest absolute Gasteiger partial charge is 0.366 e. The van der Waals surface area contributed by atoms with Crippen LogP contribution in [-0.2, 0) is 6.54 Å². The second-order valence-electron chi connectivity index (χ2n) is 6.47. The normalized spacial score (nSPS) is 10.4. The third-order valence-corrected chi connectivity index (χ3v) is 4.51. The van der Waals surface area contributed by atoms with Gasteiger partial charge in [0.1, 0.15) is 5.82 Å². The van der Waals surface area contributed by atoms with Gasteiger partial charge in [-0.3, -0.25) is 4.79 Å². The Morgan fingerprint density at radius 1 is 0.923 bits per heavy atom. The van der Waals surface area contributed by atoms with Crippen LogP contribution >= 0.6 is 0 Å². The Morgan fingerprint density at radius 2 is 1.73 bits per heavy atom. The molecule has 0 fully saturated rings. The van der Waals surface area contributed by atoms with Gasteiger partial charge in [-0.25, -0.2) is 4.98 Å². The summed E-state index contributed by atoms with van der Waals surface area (Å²) in [5.74, 6) is 0.646. The van der Waals surface area contributed by atoms with Crippen LogP contribution in [0.15, 0.2) is 60.8 Å². The highest BCUT2D eigenvalue weighted by Crippen LogP contribution is 2.15. The Bertz CT molecular complexity index is 917. The van der Waals surface area contributed by atoms with E-state index in [-0.39, 0.29) is 5.91 Å². The van der Waals surface area contributed by atoms with Crippen molar-refractivity contribution in [3.05, 3.63) is 88.6 Å². The third kappa shape index (κ3) is 4.28. The Hall–Kier alpha value is -3.14. The highest BCUT2D eigenvalue weighted by molar-refractivity contribution is 6.04. The van der Waals surface area contributed by atoms with Crippen LogP contribution in [0.4, 0.5) is 11.5 Å². The molecular weight excluding hydrogens is 322 g/mol. The van der Waals surface area contributed by atoms with E-state index in [0.717, 1.165) is 11.4 Å². The first-order valence-electron chi connectivity index (χ1n) is 8.66. The van der Waals surface area contributed by atoms with Gasteiger partial charge in [-0.05, 0) is 67.3 Å². The molecule has 132 valence electrons. The lowest BCUT2D eigenvalue weighted by Crippen LogP contribution is -2.12. The Morgan fingerprint density at radius 3 is 2.42 bits per heavy atom. The summed E-state index contributed by atoms with van der Waals surface area (Å²) in [5, 5.41) is 6.19. The van der Waals surface area contributed by atoms with Crippen LogP contribution in [0.2, 0.25) is 0 Å². The highest BCUT2D eigenvalue weighted by Gasteiger charge is 2.07. The molecule has 2 aromatic carbocycles. The van der Waals surface area contributed by atoms with E-state index in [0.29, 0.717) is 17.8 Å². The fourth-order valence-corrected chi connectivity index (χ4v) is 2.65. The molecule has 0 spiro atoms. The zero-order valence-corrected chi connectivity index (χ0v) is 15.3. The van der Waals surface area contributed by atoms with Gasteiger partial charge in [0.15, 0.2) is 0 Å². The molecule has 1 heterocycles. The van der Waals surface area contributed by atoms with Crippen molar-refractivity contribution in [2.75, 3.05) is 10.6 Å². The van der Waals surface area contributed by atoms with Gasteiger partial charge < -0.3 is 10.6 Å². The number of nitrogens with zero attached hydrogens (tertiary/aromatic N) is 1. The van der Waals surface area contributed by atoms with E-state index < -0.39 is 0 Å². The second-order valence-corrected chi connectivity index (χ2v) is 6.47. The summed E-state index contributed by atoms with van der Waals surface area (Å²) in [6, 6.07) is 17.7. The minimum atomic E-state index is -0.129. The summed E-state index contributed by atoms with van der Waals surface area (Å²) >= 11 is 0. The molecule has 0 unspecified atom stereocenters. The first-order valence-corrected chi connectivity index (χ1v) is 8.66. The van der Waals surface area contributed by atoms with E-state index in [1.165, 1.54) is 16.7 Å². The fraction of sp³-hybridized carbons (Fsp3) is 0.182.